The summed E-state index contributed by atoms with van der Waals surface area (Å²) in [6.45, 7) is 3.79. The van der Waals surface area contributed by atoms with Crippen LogP contribution in [0.25, 0.3) is 0 Å². The lowest BCUT2D eigenvalue weighted by molar-refractivity contribution is 0.0315. The molecule has 3 nitrogen and oxygen atoms in total. The molecule has 1 aromatic carbocycles. The van der Waals surface area contributed by atoms with Crippen molar-refractivity contribution in [3.05, 3.63) is 34.9 Å². The van der Waals surface area contributed by atoms with Crippen molar-refractivity contribution < 1.29 is 9.84 Å². The van der Waals surface area contributed by atoms with E-state index in [1.165, 1.54) is 12.8 Å². The summed E-state index contributed by atoms with van der Waals surface area (Å²) in [4.78, 5) is 0. The number of nitrogens with one attached hydrogen (secondary N) is 1. The second kappa shape index (κ2) is 7.25. The lowest BCUT2D eigenvalue weighted by Crippen LogP contribution is -2.32. The zero-order valence-electron chi connectivity index (χ0n) is 11.3. The van der Waals surface area contributed by atoms with Gasteiger partial charge in [0, 0.05) is 24.2 Å². The van der Waals surface area contributed by atoms with Crippen LogP contribution < -0.4 is 5.32 Å². The maximum absolute atomic E-state index is 9.82. The molecule has 1 saturated carbocycles. The number of rotatable bonds is 8. The van der Waals surface area contributed by atoms with Gasteiger partial charge in [0.1, 0.15) is 0 Å². The molecule has 0 aromatic heterocycles. The fraction of sp³-hybridized carbons (Fsp3) is 0.600. The van der Waals surface area contributed by atoms with Crippen molar-refractivity contribution in [2.75, 3.05) is 19.8 Å². The summed E-state index contributed by atoms with van der Waals surface area (Å²) < 4.78 is 5.47. The summed E-state index contributed by atoms with van der Waals surface area (Å²) in [6.07, 6.45) is 2.10. The van der Waals surface area contributed by atoms with Crippen molar-refractivity contribution in [2.24, 2.45) is 5.92 Å². The summed E-state index contributed by atoms with van der Waals surface area (Å²) in [7, 11) is 0. The Kier molecular flexibility index (Phi) is 5.64. The van der Waals surface area contributed by atoms with Gasteiger partial charge in [0.15, 0.2) is 0 Å². The topological polar surface area (TPSA) is 41.5 Å². The average Bonchev–Trinajstić information content (AvgIpc) is 3.20. The van der Waals surface area contributed by atoms with Crippen LogP contribution in [0.15, 0.2) is 24.3 Å². The second-order valence-electron chi connectivity index (χ2n) is 5.32. The van der Waals surface area contributed by atoms with E-state index in [4.69, 9.17) is 16.3 Å². The second-order valence-corrected chi connectivity index (χ2v) is 5.76. The van der Waals surface area contributed by atoms with Crippen LogP contribution in [-0.4, -0.2) is 31.0 Å². The van der Waals surface area contributed by atoms with Gasteiger partial charge < -0.3 is 15.2 Å². The monoisotopic (exact) mass is 283 g/mol. The highest BCUT2D eigenvalue weighted by atomic mass is 35.5. The Morgan fingerprint density at radius 2 is 2.26 bits per heavy atom. The minimum absolute atomic E-state index is 0.164. The fourth-order valence-electron chi connectivity index (χ4n) is 1.92. The Bertz CT molecular complexity index is 395. The minimum Gasteiger partial charge on any atom is -0.389 e. The van der Waals surface area contributed by atoms with E-state index >= 15 is 0 Å². The van der Waals surface area contributed by atoms with Crippen LogP contribution in [0, 0.1) is 5.92 Å². The molecule has 2 atom stereocenters. The van der Waals surface area contributed by atoms with E-state index in [9.17, 15) is 5.11 Å². The first-order valence-electron chi connectivity index (χ1n) is 6.90. The maximum atomic E-state index is 9.82. The molecule has 4 heteroatoms. The van der Waals surface area contributed by atoms with E-state index in [1.807, 2.05) is 24.3 Å². The Morgan fingerprint density at radius 1 is 1.47 bits per heavy atom. The van der Waals surface area contributed by atoms with Crippen molar-refractivity contribution in [2.45, 2.75) is 31.9 Å². The molecule has 19 heavy (non-hydrogen) atoms. The predicted molar refractivity (Wildman–Crippen MR) is 77.4 cm³/mol. The summed E-state index contributed by atoms with van der Waals surface area (Å²) in [5.41, 5.74) is 1.12. The number of hydrogen-bond donors (Lipinski definition) is 2. The van der Waals surface area contributed by atoms with Gasteiger partial charge in [-0.25, -0.2) is 0 Å². The standard InChI is InChI=1S/C15H22ClNO2/c1-11(13-3-2-4-14(16)7-13)17-8-15(18)10-19-9-12-5-6-12/h2-4,7,11-12,15,17-18H,5-6,8-10H2,1H3/t11-,15?/m0/s1. The number of halogens is 1. The van der Waals surface area contributed by atoms with Crippen molar-refractivity contribution in [1.82, 2.24) is 5.32 Å². The largest absolute Gasteiger partial charge is 0.389 e. The normalized spacial score (nSPS) is 18.3. The molecular formula is C15H22ClNO2. The zero-order valence-corrected chi connectivity index (χ0v) is 12.1. The summed E-state index contributed by atoms with van der Waals surface area (Å²) >= 11 is 5.96. The van der Waals surface area contributed by atoms with Crippen LogP contribution in [0.3, 0.4) is 0 Å². The highest BCUT2D eigenvalue weighted by molar-refractivity contribution is 6.30. The average molecular weight is 284 g/mol. The van der Waals surface area contributed by atoms with E-state index < -0.39 is 6.10 Å². The van der Waals surface area contributed by atoms with Crippen molar-refractivity contribution >= 4 is 11.6 Å². The molecule has 1 aromatic rings. The van der Waals surface area contributed by atoms with Gasteiger partial charge in [0.05, 0.1) is 12.7 Å². The zero-order chi connectivity index (χ0) is 13.7. The van der Waals surface area contributed by atoms with Gasteiger partial charge in [-0.1, -0.05) is 23.7 Å². The Labute approximate surface area is 119 Å². The smallest absolute Gasteiger partial charge is 0.0897 e. The van der Waals surface area contributed by atoms with E-state index in [0.29, 0.717) is 13.2 Å². The van der Waals surface area contributed by atoms with E-state index in [-0.39, 0.29) is 6.04 Å². The third kappa shape index (κ3) is 5.49. The molecule has 0 amide bonds. The Hall–Kier alpha value is -0.610. The molecule has 0 saturated heterocycles. The van der Waals surface area contributed by atoms with Gasteiger partial charge in [0.25, 0.3) is 0 Å². The van der Waals surface area contributed by atoms with Gasteiger partial charge in [-0.3, -0.25) is 0 Å². The van der Waals surface area contributed by atoms with E-state index in [2.05, 4.69) is 12.2 Å². The Balaban J connectivity index is 1.65. The van der Waals surface area contributed by atoms with E-state index in [0.717, 1.165) is 23.1 Å². The third-order valence-corrected chi connectivity index (χ3v) is 3.60. The third-order valence-electron chi connectivity index (χ3n) is 3.37. The fourth-order valence-corrected chi connectivity index (χ4v) is 2.12. The molecule has 1 aliphatic carbocycles. The minimum atomic E-state index is -0.458. The molecule has 0 heterocycles. The first-order chi connectivity index (χ1) is 9.15. The van der Waals surface area contributed by atoms with Crippen LogP contribution in [0.5, 0.6) is 0 Å². The molecule has 2 N–H and O–H groups in total. The summed E-state index contributed by atoms with van der Waals surface area (Å²) in [5.74, 6) is 0.741. The highest BCUT2D eigenvalue weighted by Crippen LogP contribution is 2.28. The number of aliphatic hydroxyl groups is 1. The molecule has 1 aliphatic rings. The number of hydrogen-bond acceptors (Lipinski definition) is 3. The predicted octanol–water partition coefficient (Wildman–Crippen LogP) is 2.78. The number of benzene rings is 1. The van der Waals surface area contributed by atoms with Crippen molar-refractivity contribution in [3.8, 4) is 0 Å². The van der Waals surface area contributed by atoms with Crippen LogP contribution in [-0.2, 0) is 4.74 Å². The van der Waals surface area contributed by atoms with Gasteiger partial charge >= 0.3 is 0 Å². The first-order valence-corrected chi connectivity index (χ1v) is 7.27. The van der Waals surface area contributed by atoms with Crippen LogP contribution in [0.4, 0.5) is 0 Å². The number of aliphatic hydroxyl groups excluding tert-OH is 1. The van der Waals surface area contributed by atoms with Crippen LogP contribution in [0.1, 0.15) is 31.4 Å². The first kappa shape index (κ1) is 14.8. The van der Waals surface area contributed by atoms with Gasteiger partial charge in [-0.2, -0.15) is 0 Å². The quantitative estimate of drug-likeness (QED) is 0.771. The highest BCUT2D eigenvalue weighted by Gasteiger charge is 2.21. The van der Waals surface area contributed by atoms with Gasteiger partial charge in [0.2, 0.25) is 0 Å². The van der Waals surface area contributed by atoms with Gasteiger partial charge in [-0.05, 0) is 43.4 Å². The Morgan fingerprint density at radius 3 is 2.95 bits per heavy atom. The maximum Gasteiger partial charge on any atom is 0.0897 e. The molecule has 0 radical (unpaired) electrons. The lowest BCUT2D eigenvalue weighted by atomic mass is 10.1. The van der Waals surface area contributed by atoms with Gasteiger partial charge in [-0.15, -0.1) is 0 Å². The molecular weight excluding hydrogens is 262 g/mol. The van der Waals surface area contributed by atoms with Crippen LogP contribution in [0.2, 0.25) is 5.02 Å². The molecule has 2 rings (SSSR count). The summed E-state index contributed by atoms with van der Waals surface area (Å²) in [6, 6.07) is 7.93. The molecule has 106 valence electrons. The SMILES string of the molecule is C[C@H](NCC(O)COCC1CC1)c1cccc(Cl)c1. The molecule has 0 bridgehead atoms. The number of ether oxygens (including phenoxy) is 1. The summed E-state index contributed by atoms with van der Waals surface area (Å²) in [5, 5.41) is 13.8. The van der Waals surface area contributed by atoms with Crippen LogP contribution >= 0.6 is 11.6 Å². The molecule has 1 unspecified atom stereocenters. The molecule has 0 aliphatic heterocycles. The molecule has 1 fully saturated rings. The van der Waals surface area contributed by atoms with Crippen molar-refractivity contribution in [1.29, 1.82) is 0 Å². The van der Waals surface area contributed by atoms with E-state index in [1.54, 1.807) is 0 Å². The van der Waals surface area contributed by atoms with Crippen molar-refractivity contribution in [3.63, 3.8) is 0 Å². The lowest BCUT2D eigenvalue weighted by Gasteiger charge is -2.17. The molecule has 0 spiro atoms.